The number of rotatable bonds is 5. The molecule has 1 N–H and O–H groups in total. The number of halogens is 1. The highest BCUT2D eigenvalue weighted by atomic mass is 79.9. The molecule has 1 saturated heterocycles. The number of carbonyl (C=O) groups excluding carboxylic acids is 1. The monoisotopic (exact) mass is 363 g/mol. The van der Waals surface area contributed by atoms with Crippen LogP contribution in [-0.4, -0.2) is 39.6 Å². The predicted octanol–water partition coefficient (Wildman–Crippen LogP) is 2.82. The van der Waals surface area contributed by atoms with Gasteiger partial charge in [-0.2, -0.15) is 0 Å². The van der Waals surface area contributed by atoms with Crippen molar-refractivity contribution in [3.05, 3.63) is 20.8 Å². The van der Waals surface area contributed by atoms with E-state index in [-0.39, 0.29) is 5.91 Å². The van der Waals surface area contributed by atoms with Gasteiger partial charge < -0.3 is 10.0 Å². The molecule has 19 heavy (non-hydrogen) atoms. The van der Waals surface area contributed by atoms with Crippen LogP contribution in [0, 0.1) is 0 Å². The minimum absolute atomic E-state index is 0.0481. The molecule has 2 heterocycles. The summed E-state index contributed by atoms with van der Waals surface area (Å²) in [6.07, 6.45) is 2.04. The van der Waals surface area contributed by atoms with Crippen LogP contribution in [0.2, 0.25) is 0 Å². The molecular weight excluding hydrogens is 350 g/mol. The topological polar surface area (TPSA) is 57.6 Å². The van der Waals surface area contributed by atoms with Crippen molar-refractivity contribution in [3.63, 3.8) is 0 Å². The second-order valence-corrected chi connectivity index (χ2v) is 7.82. The van der Waals surface area contributed by atoms with Crippen LogP contribution in [0.5, 0.6) is 0 Å². The second-order valence-electron chi connectivity index (χ2n) is 4.28. The van der Waals surface area contributed by atoms with E-state index in [0.717, 1.165) is 16.6 Å². The van der Waals surface area contributed by atoms with Gasteiger partial charge in [-0.25, -0.2) is 4.79 Å². The van der Waals surface area contributed by atoms with Crippen molar-refractivity contribution in [1.82, 2.24) is 4.90 Å². The summed E-state index contributed by atoms with van der Waals surface area (Å²) in [6, 6.07) is 3.40. The van der Waals surface area contributed by atoms with E-state index in [0.29, 0.717) is 18.1 Å². The molecule has 4 nitrogen and oxygen atoms in total. The third-order valence-electron chi connectivity index (χ3n) is 2.93. The molecule has 0 spiro atoms. The quantitative estimate of drug-likeness (QED) is 0.873. The molecule has 1 amide bonds. The van der Waals surface area contributed by atoms with Gasteiger partial charge in [0, 0.05) is 17.1 Å². The normalized spacial score (nSPS) is 18.8. The van der Waals surface area contributed by atoms with Crippen LogP contribution in [0.1, 0.15) is 17.7 Å². The molecule has 1 unspecified atom stereocenters. The fraction of sp³-hybridized carbons (Fsp3) is 0.500. The lowest BCUT2D eigenvalue weighted by Crippen LogP contribution is -2.41. The van der Waals surface area contributed by atoms with Crippen molar-refractivity contribution in [2.24, 2.45) is 0 Å². The van der Waals surface area contributed by atoms with Crippen LogP contribution in [-0.2, 0) is 16.0 Å². The molecule has 2 rings (SSSR count). The van der Waals surface area contributed by atoms with Gasteiger partial charge in [-0.1, -0.05) is 0 Å². The summed E-state index contributed by atoms with van der Waals surface area (Å²) in [5, 5.41) is 9.03. The molecule has 1 aliphatic rings. The molecular formula is C12H14BrNO3S2. The van der Waals surface area contributed by atoms with E-state index in [1.165, 1.54) is 21.5 Å². The van der Waals surface area contributed by atoms with Gasteiger partial charge in [0.2, 0.25) is 5.91 Å². The highest BCUT2D eigenvalue weighted by Gasteiger charge is 2.33. The number of thioether (sulfide) groups is 1. The lowest BCUT2D eigenvalue weighted by Gasteiger charge is -2.20. The molecule has 0 aliphatic carbocycles. The average Bonchev–Trinajstić information content (AvgIpc) is 2.97. The number of aryl methyl sites for hydroxylation is 1. The Hall–Kier alpha value is -0.530. The third kappa shape index (κ3) is 3.97. The van der Waals surface area contributed by atoms with Crippen LogP contribution >= 0.6 is 39.0 Å². The zero-order chi connectivity index (χ0) is 13.8. The molecule has 1 atom stereocenters. The largest absolute Gasteiger partial charge is 0.480 e. The molecule has 1 aromatic rings. The molecule has 104 valence electrons. The van der Waals surface area contributed by atoms with Crippen LogP contribution in [0.3, 0.4) is 0 Å². The number of aliphatic carboxylic acids is 1. The van der Waals surface area contributed by atoms with Gasteiger partial charge >= 0.3 is 5.97 Å². The Balaban J connectivity index is 1.79. The Kier molecular flexibility index (Phi) is 5.29. The van der Waals surface area contributed by atoms with Crippen LogP contribution in [0.25, 0.3) is 0 Å². The molecule has 1 fully saturated rings. The number of hydrogen-bond donors (Lipinski definition) is 1. The SMILES string of the molecule is O=C(O)C1CSCN1C(=O)CCCc1ccc(Br)s1. The average molecular weight is 364 g/mol. The van der Waals surface area contributed by atoms with Gasteiger partial charge in [0.1, 0.15) is 6.04 Å². The zero-order valence-electron chi connectivity index (χ0n) is 10.2. The van der Waals surface area contributed by atoms with E-state index < -0.39 is 12.0 Å². The van der Waals surface area contributed by atoms with Gasteiger partial charge in [-0.15, -0.1) is 23.1 Å². The van der Waals surface area contributed by atoms with Crippen molar-refractivity contribution in [2.75, 3.05) is 11.6 Å². The van der Waals surface area contributed by atoms with Gasteiger partial charge in [0.25, 0.3) is 0 Å². The summed E-state index contributed by atoms with van der Waals surface area (Å²) in [5.41, 5.74) is 0. The first kappa shape index (κ1) is 14.9. The summed E-state index contributed by atoms with van der Waals surface area (Å²) in [4.78, 5) is 25.7. The maximum atomic E-state index is 12.0. The Morgan fingerprint density at radius 2 is 2.26 bits per heavy atom. The highest BCUT2D eigenvalue weighted by molar-refractivity contribution is 9.11. The second kappa shape index (κ2) is 6.76. The maximum absolute atomic E-state index is 12.0. The van der Waals surface area contributed by atoms with Crippen molar-refractivity contribution in [2.45, 2.75) is 25.3 Å². The summed E-state index contributed by atoms with van der Waals surface area (Å²) in [6.45, 7) is 0. The fourth-order valence-corrected chi connectivity index (χ4v) is 4.63. The number of nitrogens with zero attached hydrogens (tertiary/aromatic N) is 1. The zero-order valence-corrected chi connectivity index (χ0v) is 13.4. The van der Waals surface area contributed by atoms with Crippen LogP contribution in [0.4, 0.5) is 0 Å². The number of amides is 1. The van der Waals surface area contributed by atoms with Crippen molar-refractivity contribution < 1.29 is 14.7 Å². The minimum atomic E-state index is -0.902. The molecule has 0 bridgehead atoms. The number of carboxylic acid groups (broad SMARTS) is 1. The van der Waals surface area contributed by atoms with E-state index in [2.05, 4.69) is 15.9 Å². The first-order valence-corrected chi connectivity index (χ1v) is 8.68. The summed E-state index contributed by atoms with van der Waals surface area (Å²) < 4.78 is 1.09. The minimum Gasteiger partial charge on any atom is -0.480 e. The molecule has 1 aliphatic heterocycles. The van der Waals surface area contributed by atoms with Gasteiger partial charge in [0.05, 0.1) is 9.66 Å². The van der Waals surface area contributed by atoms with E-state index in [9.17, 15) is 9.59 Å². The first-order chi connectivity index (χ1) is 9.08. The first-order valence-electron chi connectivity index (χ1n) is 5.92. The Morgan fingerprint density at radius 1 is 1.47 bits per heavy atom. The van der Waals surface area contributed by atoms with Crippen LogP contribution in [0.15, 0.2) is 15.9 Å². The van der Waals surface area contributed by atoms with Crippen molar-refractivity contribution >= 4 is 50.9 Å². The molecule has 0 aromatic carbocycles. The van der Waals surface area contributed by atoms with E-state index in [1.54, 1.807) is 11.3 Å². The molecule has 0 saturated carbocycles. The molecule has 1 aromatic heterocycles. The summed E-state index contributed by atoms with van der Waals surface area (Å²) >= 11 is 6.58. The Bertz CT molecular complexity index is 477. The molecule has 0 radical (unpaired) electrons. The number of carboxylic acids is 1. The number of carbonyl (C=O) groups is 2. The number of hydrogen-bond acceptors (Lipinski definition) is 4. The Morgan fingerprint density at radius 3 is 2.89 bits per heavy atom. The van der Waals surface area contributed by atoms with Gasteiger partial charge in [-0.05, 0) is 40.9 Å². The third-order valence-corrected chi connectivity index (χ3v) is 5.63. The van der Waals surface area contributed by atoms with E-state index >= 15 is 0 Å². The smallest absolute Gasteiger partial charge is 0.327 e. The maximum Gasteiger partial charge on any atom is 0.327 e. The van der Waals surface area contributed by atoms with Gasteiger partial charge in [0.15, 0.2) is 0 Å². The lowest BCUT2D eigenvalue weighted by atomic mass is 10.2. The highest BCUT2D eigenvalue weighted by Crippen LogP contribution is 2.25. The fourth-order valence-electron chi connectivity index (χ4n) is 1.94. The molecule has 7 heteroatoms. The number of thiophene rings is 1. The Labute approximate surface area is 128 Å². The van der Waals surface area contributed by atoms with Crippen molar-refractivity contribution in [3.8, 4) is 0 Å². The van der Waals surface area contributed by atoms with Crippen LogP contribution < -0.4 is 0 Å². The van der Waals surface area contributed by atoms with Gasteiger partial charge in [-0.3, -0.25) is 4.79 Å². The summed E-state index contributed by atoms with van der Waals surface area (Å²) in [7, 11) is 0. The predicted molar refractivity (Wildman–Crippen MR) is 80.6 cm³/mol. The van der Waals surface area contributed by atoms with E-state index in [1.807, 2.05) is 12.1 Å². The lowest BCUT2D eigenvalue weighted by molar-refractivity contribution is -0.147. The standard InChI is InChI=1S/C12H14BrNO3S2/c13-10-5-4-8(19-10)2-1-3-11(15)14-7-18-6-9(14)12(16)17/h4-5,9H,1-3,6-7H2,(H,16,17). The van der Waals surface area contributed by atoms with Crippen molar-refractivity contribution in [1.29, 1.82) is 0 Å². The van der Waals surface area contributed by atoms with E-state index in [4.69, 9.17) is 5.11 Å². The summed E-state index contributed by atoms with van der Waals surface area (Å²) in [5.74, 6) is 0.0489.